The average Bonchev–Trinajstić information content (AvgIpc) is 2.69. The van der Waals surface area contributed by atoms with E-state index < -0.39 is 11.8 Å². The van der Waals surface area contributed by atoms with E-state index in [1.54, 1.807) is 49.4 Å². The van der Waals surface area contributed by atoms with Crippen LogP contribution in [0.15, 0.2) is 54.2 Å². The summed E-state index contributed by atoms with van der Waals surface area (Å²) in [6.45, 7) is 4.20. The summed E-state index contributed by atoms with van der Waals surface area (Å²) in [5.41, 5.74) is 2.06. The highest BCUT2D eigenvalue weighted by Crippen LogP contribution is 2.30. The maximum absolute atomic E-state index is 12.6. The van der Waals surface area contributed by atoms with Gasteiger partial charge in [0.05, 0.1) is 17.7 Å². The Balaban J connectivity index is 1.71. The van der Waals surface area contributed by atoms with Gasteiger partial charge >= 0.3 is 11.9 Å². The van der Waals surface area contributed by atoms with Crippen molar-refractivity contribution in [2.75, 3.05) is 11.9 Å². The summed E-state index contributed by atoms with van der Waals surface area (Å²) in [4.78, 5) is 36.7. The molecule has 1 aliphatic heterocycles. The number of fused-ring (bicyclic) bond motifs is 1. The Morgan fingerprint density at radius 1 is 1.14 bits per heavy atom. The first-order valence-electron chi connectivity index (χ1n) is 9.11. The lowest BCUT2D eigenvalue weighted by Gasteiger charge is -2.18. The van der Waals surface area contributed by atoms with Crippen LogP contribution >= 0.6 is 0 Å². The largest absolute Gasteiger partial charge is 0.462 e. The van der Waals surface area contributed by atoms with Gasteiger partial charge in [-0.1, -0.05) is 25.5 Å². The molecule has 1 N–H and O–H groups in total. The van der Waals surface area contributed by atoms with Crippen LogP contribution in [0, 0.1) is 6.92 Å². The van der Waals surface area contributed by atoms with Gasteiger partial charge in [-0.25, -0.2) is 9.59 Å². The number of Topliss-reactive ketones (excluding diaryl/α,β-unsaturated/α-hetero) is 1. The molecule has 0 aromatic heterocycles. The van der Waals surface area contributed by atoms with E-state index >= 15 is 0 Å². The molecule has 0 fully saturated rings. The second kappa shape index (κ2) is 8.52. The number of esters is 2. The van der Waals surface area contributed by atoms with Gasteiger partial charge in [0, 0.05) is 11.9 Å². The lowest BCUT2D eigenvalue weighted by Crippen LogP contribution is -2.26. The molecule has 0 radical (unpaired) electrons. The molecule has 3 rings (SSSR count). The van der Waals surface area contributed by atoms with Gasteiger partial charge in [0.1, 0.15) is 11.3 Å². The van der Waals surface area contributed by atoms with Crippen LogP contribution in [-0.2, 0) is 9.53 Å². The Bertz CT molecular complexity index is 944. The highest BCUT2D eigenvalue weighted by atomic mass is 16.5. The zero-order valence-electron chi connectivity index (χ0n) is 15.8. The van der Waals surface area contributed by atoms with Crippen molar-refractivity contribution in [3.05, 3.63) is 70.9 Å². The number of benzene rings is 2. The summed E-state index contributed by atoms with van der Waals surface area (Å²) in [6, 6.07) is 11.7. The summed E-state index contributed by atoms with van der Waals surface area (Å²) in [6.07, 6.45) is 3.10. The minimum atomic E-state index is -0.699. The molecule has 0 saturated carbocycles. The number of rotatable bonds is 6. The van der Waals surface area contributed by atoms with Gasteiger partial charge < -0.3 is 14.8 Å². The Morgan fingerprint density at radius 2 is 1.89 bits per heavy atom. The smallest absolute Gasteiger partial charge is 0.349 e. The minimum Gasteiger partial charge on any atom is -0.462 e. The van der Waals surface area contributed by atoms with Gasteiger partial charge in [0.15, 0.2) is 0 Å². The molecule has 6 nitrogen and oxygen atoms in total. The molecule has 6 heteroatoms. The van der Waals surface area contributed by atoms with Crippen LogP contribution in [0.25, 0.3) is 0 Å². The molecular formula is C22H21NO5. The third kappa shape index (κ3) is 4.11. The predicted octanol–water partition coefficient (Wildman–Crippen LogP) is 4.05. The zero-order chi connectivity index (χ0) is 20.1. The first kappa shape index (κ1) is 19.4. The van der Waals surface area contributed by atoms with Crippen molar-refractivity contribution >= 4 is 23.4 Å². The summed E-state index contributed by atoms with van der Waals surface area (Å²) >= 11 is 0. The monoisotopic (exact) mass is 379 g/mol. The number of hydrogen-bond donors (Lipinski definition) is 1. The average molecular weight is 379 g/mol. The maximum atomic E-state index is 12.6. The van der Waals surface area contributed by atoms with Crippen LogP contribution in [0.4, 0.5) is 5.69 Å². The van der Waals surface area contributed by atoms with Gasteiger partial charge in [0.2, 0.25) is 5.78 Å². The first-order valence-corrected chi connectivity index (χ1v) is 9.11. The lowest BCUT2D eigenvalue weighted by atomic mass is 9.98. The van der Waals surface area contributed by atoms with Crippen molar-refractivity contribution in [3.63, 3.8) is 0 Å². The number of unbranched alkanes of at least 4 members (excludes halogenated alkanes) is 1. The summed E-state index contributed by atoms with van der Waals surface area (Å²) in [7, 11) is 0. The molecule has 144 valence electrons. The van der Waals surface area contributed by atoms with E-state index in [4.69, 9.17) is 9.47 Å². The second-order valence-corrected chi connectivity index (χ2v) is 6.44. The van der Waals surface area contributed by atoms with Crippen LogP contribution in [0.3, 0.4) is 0 Å². The minimum absolute atomic E-state index is 0.0823. The number of ketones is 1. The molecule has 1 aliphatic rings. The number of ether oxygens (including phenoxy) is 2. The van der Waals surface area contributed by atoms with Crippen LogP contribution in [0.2, 0.25) is 0 Å². The first-order chi connectivity index (χ1) is 13.5. The number of para-hydroxylation sites is 1. The van der Waals surface area contributed by atoms with Crippen LogP contribution in [-0.4, -0.2) is 24.3 Å². The number of carbonyl (C=O) groups excluding carboxylic acids is 3. The van der Waals surface area contributed by atoms with Crippen molar-refractivity contribution in [2.24, 2.45) is 0 Å². The Labute approximate surface area is 163 Å². The van der Waals surface area contributed by atoms with Crippen molar-refractivity contribution in [2.45, 2.75) is 26.7 Å². The Hall–Kier alpha value is -3.41. The number of anilines is 1. The summed E-state index contributed by atoms with van der Waals surface area (Å²) in [5.74, 6) is -1.16. The van der Waals surface area contributed by atoms with Gasteiger partial charge in [-0.05, 0) is 49.2 Å². The third-order valence-corrected chi connectivity index (χ3v) is 4.35. The number of aryl methyl sites for hydroxylation is 1. The number of hydrogen-bond acceptors (Lipinski definition) is 6. The highest BCUT2D eigenvalue weighted by molar-refractivity contribution is 6.28. The second-order valence-electron chi connectivity index (χ2n) is 6.44. The molecule has 0 aliphatic carbocycles. The molecule has 2 aromatic rings. The molecule has 0 amide bonds. The zero-order valence-corrected chi connectivity index (χ0v) is 15.8. The van der Waals surface area contributed by atoms with E-state index in [2.05, 4.69) is 5.32 Å². The van der Waals surface area contributed by atoms with Crippen molar-refractivity contribution in [3.8, 4) is 5.75 Å². The fraction of sp³-hybridized carbons (Fsp3) is 0.227. The van der Waals surface area contributed by atoms with E-state index in [1.807, 2.05) is 6.92 Å². The van der Waals surface area contributed by atoms with Crippen molar-refractivity contribution in [1.82, 2.24) is 0 Å². The number of nitrogens with one attached hydrogen (secondary N) is 1. The maximum Gasteiger partial charge on any atom is 0.349 e. The molecule has 28 heavy (non-hydrogen) atoms. The number of carbonyl (C=O) groups is 3. The van der Waals surface area contributed by atoms with Gasteiger partial charge in [-0.2, -0.15) is 0 Å². The van der Waals surface area contributed by atoms with E-state index in [1.165, 1.54) is 6.20 Å². The molecule has 0 bridgehead atoms. The molecular weight excluding hydrogens is 358 g/mol. The van der Waals surface area contributed by atoms with Crippen LogP contribution in [0.5, 0.6) is 5.75 Å². The van der Waals surface area contributed by atoms with E-state index in [-0.39, 0.29) is 11.5 Å². The SMILES string of the molecule is CCCCOC(=O)c1ccc(NC=C2C(=O)Oc3c(C)cccc3C2=O)cc1. The lowest BCUT2D eigenvalue weighted by molar-refractivity contribution is -0.130. The summed E-state index contributed by atoms with van der Waals surface area (Å²) < 4.78 is 10.5. The molecule has 0 atom stereocenters. The topological polar surface area (TPSA) is 81.7 Å². The van der Waals surface area contributed by atoms with E-state index in [0.717, 1.165) is 18.4 Å². The van der Waals surface area contributed by atoms with E-state index in [0.29, 0.717) is 29.2 Å². The third-order valence-electron chi connectivity index (χ3n) is 4.35. The van der Waals surface area contributed by atoms with Crippen LogP contribution < -0.4 is 10.1 Å². The Kier molecular flexibility index (Phi) is 5.89. The molecule has 0 spiro atoms. The standard InChI is InChI=1S/C22H21NO5/c1-3-4-12-27-21(25)15-8-10-16(11-9-15)23-13-18-19(24)17-7-5-6-14(2)20(17)28-22(18)26/h5-11,13,23H,3-4,12H2,1-2H3. The van der Waals surface area contributed by atoms with Crippen molar-refractivity contribution in [1.29, 1.82) is 0 Å². The van der Waals surface area contributed by atoms with E-state index in [9.17, 15) is 14.4 Å². The normalized spacial score (nSPS) is 14.4. The fourth-order valence-corrected chi connectivity index (χ4v) is 2.73. The predicted molar refractivity (Wildman–Crippen MR) is 104 cm³/mol. The molecule has 0 saturated heterocycles. The molecule has 1 heterocycles. The molecule has 0 unspecified atom stereocenters. The summed E-state index contributed by atoms with van der Waals surface area (Å²) in [5, 5.41) is 2.90. The van der Waals surface area contributed by atoms with Crippen molar-refractivity contribution < 1.29 is 23.9 Å². The Morgan fingerprint density at radius 3 is 2.61 bits per heavy atom. The fourth-order valence-electron chi connectivity index (χ4n) is 2.73. The van der Waals surface area contributed by atoms with Crippen LogP contribution in [0.1, 0.15) is 46.0 Å². The quantitative estimate of drug-likeness (QED) is 0.268. The van der Waals surface area contributed by atoms with Gasteiger partial charge in [0.25, 0.3) is 0 Å². The van der Waals surface area contributed by atoms with Gasteiger partial charge in [-0.3, -0.25) is 4.79 Å². The molecule has 2 aromatic carbocycles. The van der Waals surface area contributed by atoms with Gasteiger partial charge in [-0.15, -0.1) is 0 Å². The highest BCUT2D eigenvalue weighted by Gasteiger charge is 2.31.